The van der Waals surface area contributed by atoms with Crippen molar-refractivity contribution in [1.82, 2.24) is 0 Å². The molecule has 1 heterocycles. The van der Waals surface area contributed by atoms with Gasteiger partial charge in [0.05, 0.1) is 12.7 Å². The smallest absolute Gasteiger partial charge is 0.192 e. The van der Waals surface area contributed by atoms with Gasteiger partial charge in [-0.1, -0.05) is 6.92 Å². The molecule has 2 heteroatoms. The maximum absolute atomic E-state index is 6.15. The van der Waals surface area contributed by atoms with E-state index in [1.807, 2.05) is 0 Å². The van der Waals surface area contributed by atoms with Gasteiger partial charge in [0, 0.05) is 5.56 Å². The third kappa shape index (κ3) is 2.24. The van der Waals surface area contributed by atoms with Crippen molar-refractivity contribution in [3.8, 4) is 0 Å². The highest BCUT2D eigenvalue weighted by atomic mass is 16.7. The molecule has 1 aromatic carbocycles. The average molecular weight is 288 g/mol. The molecule has 1 aliphatic heterocycles. The van der Waals surface area contributed by atoms with Crippen molar-refractivity contribution in [2.24, 2.45) is 0 Å². The quantitative estimate of drug-likeness (QED) is 0.748. The summed E-state index contributed by atoms with van der Waals surface area (Å²) < 4.78 is 12.2. The molecule has 2 aliphatic rings. The Morgan fingerprint density at radius 3 is 2.38 bits per heavy atom. The molecule has 0 amide bonds. The highest BCUT2D eigenvalue weighted by Gasteiger charge is 2.41. The molecule has 1 aromatic rings. The monoisotopic (exact) mass is 288 g/mol. The molecule has 1 saturated heterocycles. The number of rotatable bonds is 1. The van der Waals surface area contributed by atoms with Gasteiger partial charge in [-0.25, -0.2) is 0 Å². The van der Waals surface area contributed by atoms with Crippen LogP contribution in [-0.4, -0.2) is 12.7 Å². The van der Waals surface area contributed by atoms with Crippen molar-refractivity contribution in [3.63, 3.8) is 0 Å². The Morgan fingerprint density at radius 2 is 1.76 bits per heavy atom. The van der Waals surface area contributed by atoms with Gasteiger partial charge >= 0.3 is 0 Å². The minimum absolute atomic E-state index is 0.170. The fourth-order valence-electron chi connectivity index (χ4n) is 4.51. The maximum atomic E-state index is 6.15. The number of fused-ring (bicyclic) bond motifs is 1. The molecule has 0 aromatic heterocycles. The number of benzene rings is 1. The summed E-state index contributed by atoms with van der Waals surface area (Å²) in [6.45, 7) is 14.0. The van der Waals surface area contributed by atoms with E-state index in [9.17, 15) is 0 Å². The summed E-state index contributed by atoms with van der Waals surface area (Å²) in [4.78, 5) is 0. The fraction of sp³-hybridized carbons (Fsp3) is 0.684. The second-order valence-electron chi connectivity index (χ2n) is 7.12. The molecule has 3 atom stereocenters. The Morgan fingerprint density at radius 1 is 1.05 bits per heavy atom. The summed E-state index contributed by atoms with van der Waals surface area (Å²) in [5.41, 5.74) is 8.63. The summed E-state index contributed by atoms with van der Waals surface area (Å²) in [5.74, 6) is 0.103. The lowest BCUT2D eigenvalue weighted by Crippen LogP contribution is -2.28. The van der Waals surface area contributed by atoms with Crippen molar-refractivity contribution >= 4 is 0 Å². The van der Waals surface area contributed by atoms with Crippen molar-refractivity contribution in [1.29, 1.82) is 0 Å². The Balaban J connectivity index is 2.21. The molecule has 0 spiro atoms. The Labute approximate surface area is 128 Å². The van der Waals surface area contributed by atoms with Gasteiger partial charge in [0.1, 0.15) is 0 Å². The lowest BCUT2D eigenvalue weighted by Gasteiger charge is -2.34. The van der Waals surface area contributed by atoms with Crippen LogP contribution in [0.1, 0.15) is 72.9 Å². The van der Waals surface area contributed by atoms with Crippen LogP contribution in [0.5, 0.6) is 0 Å². The zero-order valence-electron chi connectivity index (χ0n) is 14.3. The van der Waals surface area contributed by atoms with Crippen molar-refractivity contribution in [3.05, 3.63) is 33.4 Å². The van der Waals surface area contributed by atoms with E-state index in [0.717, 1.165) is 0 Å². The first-order valence-electron chi connectivity index (χ1n) is 8.30. The second kappa shape index (κ2) is 5.10. The minimum atomic E-state index is -0.575. The summed E-state index contributed by atoms with van der Waals surface area (Å²) >= 11 is 0. The second-order valence-corrected chi connectivity index (χ2v) is 7.12. The molecular weight excluding hydrogens is 260 g/mol. The van der Waals surface area contributed by atoms with Gasteiger partial charge < -0.3 is 9.47 Å². The normalized spacial score (nSPS) is 32.3. The summed E-state index contributed by atoms with van der Waals surface area (Å²) in [6.07, 6.45) is 3.98. The Hall–Kier alpha value is -0.860. The zero-order valence-corrected chi connectivity index (χ0v) is 14.3. The SMILES string of the molecule is Cc1c(C)c(C2(C)OCC(C)O2)c(C)c2c1C(C)CCC2. The molecule has 116 valence electrons. The highest BCUT2D eigenvalue weighted by Crippen LogP contribution is 2.44. The molecule has 0 radical (unpaired) electrons. The summed E-state index contributed by atoms with van der Waals surface area (Å²) in [6, 6.07) is 0. The van der Waals surface area contributed by atoms with Gasteiger partial charge in [-0.05, 0) is 87.6 Å². The zero-order chi connectivity index (χ0) is 15.4. The molecule has 3 rings (SSSR count). The predicted molar refractivity (Wildman–Crippen MR) is 85.9 cm³/mol. The molecule has 2 nitrogen and oxygen atoms in total. The standard InChI is InChI=1S/C19H28O2/c1-11-8-7-9-16-15(5)18(14(4)13(3)17(11)16)19(6)20-10-12(2)21-19/h11-12H,7-10H2,1-6H3. The van der Waals surface area contributed by atoms with Gasteiger partial charge in [0.2, 0.25) is 0 Å². The summed E-state index contributed by atoms with van der Waals surface area (Å²) in [7, 11) is 0. The largest absolute Gasteiger partial charge is 0.343 e. The third-order valence-corrected chi connectivity index (χ3v) is 5.52. The number of ether oxygens (including phenoxy) is 2. The molecule has 3 unspecified atom stereocenters. The fourth-order valence-corrected chi connectivity index (χ4v) is 4.51. The van der Waals surface area contributed by atoms with Crippen molar-refractivity contribution in [2.75, 3.05) is 6.61 Å². The first kappa shape index (κ1) is 15.1. The first-order valence-corrected chi connectivity index (χ1v) is 8.30. The maximum Gasteiger partial charge on any atom is 0.192 e. The van der Waals surface area contributed by atoms with E-state index in [4.69, 9.17) is 9.47 Å². The van der Waals surface area contributed by atoms with Gasteiger partial charge in [0.15, 0.2) is 5.79 Å². The van der Waals surface area contributed by atoms with E-state index in [2.05, 4.69) is 41.5 Å². The topological polar surface area (TPSA) is 18.5 Å². The van der Waals surface area contributed by atoms with E-state index in [1.165, 1.54) is 41.5 Å². The molecule has 21 heavy (non-hydrogen) atoms. The molecule has 0 saturated carbocycles. The minimum Gasteiger partial charge on any atom is -0.343 e. The Bertz CT molecular complexity index is 576. The van der Waals surface area contributed by atoms with Gasteiger partial charge in [-0.3, -0.25) is 0 Å². The van der Waals surface area contributed by atoms with Crippen LogP contribution in [0.15, 0.2) is 0 Å². The third-order valence-electron chi connectivity index (χ3n) is 5.52. The Kier molecular flexibility index (Phi) is 3.66. The summed E-state index contributed by atoms with van der Waals surface area (Å²) in [5, 5.41) is 0. The lowest BCUT2D eigenvalue weighted by molar-refractivity contribution is -0.160. The lowest BCUT2D eigenvalue weighted by atomic mass is 9.75. The molecule has 1 aliphatic carbocycles. The van der Waals surface area contributed by atoms with Crippen LogP contribution in [0, 0.1) is 20.8 Å². The number of hydrogen-bond acceptors (Lipinski definition) is 2. The molecule has 0 bridgehead atoms. The van der Waals surface area contributed by atoms with Crippen LogP contribution >= 0.6 is 0 Å². The molecule has 1 fully saturated rings. The van der Waals surface area contributed by atoms with E-state index in [-0.39, 0.29) is 6.10 Å². The van der Waals surface area contributed by atoms with Crippen molar-refractivity contribution < 1.29 is 9.47 Å². The van der Waals surface area contributed by atoms with Crippen LogP contribution in [0.3, 0.4) is 0 Å². The van der Waals surface area contributed by atoms with Gasteiger partial charge in [-0.15, -0.1) is 0 Å². The molecule has 0 N–H and O–H groups in total. The predicted octanol–water partition coefficient (Wildman–Crippen LogP) is 4.66. The number of hydrogen-bond donors (Lipinski definition) is 0. The van der Waals surface area contributed by atoms with E-state index < -0.39 is 5.79 Å². The van der Waals surface area contributed by atoms with E-state index in [0.29, 0.717) is 12.5 Å². The van der Waals surface area contributed by atoms with E-state index in [1.54, 1.807) is 11.1 Å². The van der Waals surface area contributed by atoms with Crippen LogP contribution in [0.2, 0.25) is 0 Å². The first-order chi connectivity index (χ1) is 9.85. The van der Waals surface area contributed by atoms with Gasteiger partial charge in [-0.2, -0.15) is 0 Å². The van der Waals surface area contributed by atoms with Crippen LogP contribution < -0.4 is 0 Å². The average Bonchev–Trinajstić information content (AvgIpc) is 2.76. The van der Waals surface area contributed by atoms with Crippen molar-refractivity contribution in [2.45, 2.75) is 78.6 Å². The van der Waals surface area contributed by atoms with Crippen LogP contribution in [0.25, 0.3) is 0 Å². The van der Waals surface area contributed by atoms with Crippen LogP contribution in [-0.2, 0) is 21.7 Å². The van der Waals surface area contributed by atoms with E-state index >= 15 is 0 Å². The molecular formula is C19H28O2. The van der Waals surface area contributed by atoms with Gasteiger partial charge in [0.25, 0.3) is 0 Å². The van der Waals surface area contributed by atoms with Crippen LogP contribution in [0.4, 0.5) is 0 Å². The highest BCUT2D eigenvalue weighted by molar-refractivity contribution is 5.54.